The third-order valence-corrected chi connectivity index (χ3v) is 3.59. The maximum absolute atomic E-state index is 13.9. The second-order valence-electron chi connectivity index (χ2n) is 4.87. The SMILES string of the molecule is COc1ccc(C(=O)OC(C)C(=O)Nc2ncc(Cl)cc2Cl)c(F)c1. The topological polar surface area (TPSA) is 77.5 Å². The molecular weight excluding hydrogens is 374 g/mol. The van der Waals surface area contributed by atoms with Gasteiger partial charge in [0.1, 0.15) is 11.6 Å². The van der Waals surface area contributed by atoms with Crippen LogP contribution in [0.15, 0.2) is 30.5 Å². The molecule has 1 aromatic carbocycles. The van der Waals surface area contributed by atoms with Crippen molar-refractivity contribution in [2.75, 3.05) is 12.4 Å². The number of anilines is 1. The van der Waals surface area contributed by atoms with Gasteiger partial charge in [-0.25, -0.2) is 14.2 Å². The van der Waals surface area contributed by atoms with Gasteiger partial charge >= 0.3 is 5.97 Å². The molecule has 0 saturated heterocycles. The molecule has 0 saturated carbocycles. The number of esters is 1. The predicted octanol–water partition coefficient (Wildman–Crippen LogP) is 3.72. The second-order valence-corrected chi connectivity index (χ2v) is 5.71. The molecule has 1 N–H and O–H groups in total. The normalized spacial score (nSPS) is 11.6. The standard InChI is InChI=1S/C16H13Cl2FN2O4/c1-8(15(22)21-14-12(18)5-9(17)7-20-14)25-16(23)11-4-3-10(24-2)6-13(11)19/h3-8H,1-2H3,(H,20,21,22). The van der Waals surface area contributed by atoms with Crippen LogP contribution in [-0.4, -0.2) is 30.1 Å². The van der Waals surface area contributed by atoms with Gasteiger partial charge in [-0.05, 0) is 25.1 Å². The van der Waals surface area contributed by atoms with E-state index in [1.165, 1.54) is 38.4 Å². The summed E-state index contributed by atoms with van der Waals surface area (Å²) in [7, 11) is 1.37. The van der Waals surface area contributed by atoms with Crippen LogP contribution in [0, 0.1) is 5.82 Å². The number of hydrogen-bond donors (Lipinski definition) is 1. The van der Waals surface area contributed by atoms with Gasteiger partial charge in [-0.3, -0.25) is 4.79 Å². The number of pyridine rings is 1. The van der Waals surface area contributed by atoms with E-state index in [4.69, 9.17) is 32.7 Å². The van der Waals surface area contributed by atoms with Gasteiger partial charge in [-0.15, -0.1) is 0 Å². The number of hydrogen-bond acceptors (Lipinski definition) is 5. The first-order valence-corrected chi connectivity index (χ1v) is 7.74. The van der Waals surface area contributed by atoms with Crippen LogP contribution in [0.5, 0.6) is 5.75 Å². The quantitative estimate of drug-likeness (QED) is 0.792. The van der Waals surface area contributed by atoms with E-state index in [1.54, 1.807) is 0 Å². The lowest BCUT2D eigenvalue weighted by molar-refractivity contribution is -0.123. The lowest BCUT2D eigenvalue weighted by Gasteiger charge is -2.14. The van der Waals surface area contributed by atoms with Crippen LogP contribution in [0.3, 0.4) is 0 Å². The number of carbonyl (C=O) groups excluding carboxylic acids is 2. The van der Waals surface area contributed by atoms with Crippen LogP contribution in [-0.2, 0) is 9.53 Å². The molecular formula is C16H13Cl2FN2O4. The predicted molar refractivity (Wildman–Crippen MR) is 90.7 cm³/mol. The maximum atomic E-state index is 13.9. The summed E-state index contributed by atoms with van der Waals surface area (Å²) in [5.41, 5.74) is -0.317. The first kappa shape index (κ1) is 19.0. The van der Waals surface area contributed by atoms with E-state index < -0.39 is 23.8 Å². The number of methoxy groups -OCH3 is 1. The van der Waals surface area contributed by atoms with Gasteiger partial charge in [-0.1, -0.05) is 23.2 Å². The van der Waals surface area contributed by atoms with Gasteiger partial charge in [-0.2, -0.15) is 0 Å². The van der Waals surface area contributed by atoms with Crippen LogP contribution < -0.4 is 10.1 Å². The molecule has 0 bridgehead atoms. The molecule has 9 heteroatoms. The molecule has 0 aliphatic carbocycles. The van der Waals surface area contributed by atoms with E-state index in [0.29, 0.717) is 5.02 Å². The minimum atomic E-state index is -1.21. The number of ether oxygens (including phenoxy) is 2. The highest BCUT2D eigenvalue weighted by molar-refractivity contribution is 6.36. The summed E-state index contributed by atoms with van der Waals surface area (Å²) in [6, 6.07) is 5.05. The molecule has 2 aromatic rings. The monoisotopic (exact) mass is 386 g/mol. The molecule has 0 spiro atoms. The van der Waals surface area contributed by atoms with Crippen molar-refractivity contribution in [3.8, 4) is 5.75 Å². The Bertz CT molecular complexity index is 817. The molecule has 2 rings (SSSR count). The van der Waals surface area contributed by atoms with Gasteiger partial charge in [0.15, 0.2) is 11.9 Å². The number of amides is 1. The largest absolute Gasteiger partial charge is 0.497 e. The lowest BCUT2D eigenvalue weighted by atomic mass is 10.2. The number of carbonyl (C=O) groups is 2. The van der Waals surface area contributed by atoms with E-state index in [0.717, 1.165) is 6.07 Å². The lowest BCUT2D eigenvalue weighted by Crippen LogP contribution is -2.30. The minimum absolute atomic E-state index is 0.0644. The van der Waals surface area contributed by atoms with Crippen molar-refractivity contribution in [3.05, 3.63) is 51.9 Å². The maximum Gasteiger partial charge on any atom is 0.341 e. The number of nitrogens with one attached hydrogen (secondary N) is 1. The zero-order valence-electron chi connectivity index (χ0n) is 13.2. The van der Waals surface area contributed by atoms with Crippen molar-refractivity contribution in [2.45, 2.75) is 13.0 Å². The molecule has 0 radical (unpaired) electrons. The number of halogens is 3. The Labute approximate surface area is 152 Å². The molecule has 1 heterocycles. The van der Waals surface area contributed by atoms with Gasteiger partial charge in [0.05, 0.1) is 22.7 Å². The highest BCUT2D eigenvalue weighted by Gasteiger charge is 2.22. The summed E-state index contributed by atoms with van der Waals surface area (Å²) in [5.74, 6) is -2.17. The molecule has 1 amide bonds. The summed E-state index contributed by atoms with van der Waals surface area (Å²) >= 11 is 11.6. The third kappa shape index (κ3) is 4.80. The smallest absolute Gasteiger partial charge is 0.341 e. The summed E-state index contributed by atoms with van der Waals surface area (Å²) in [6.07, 6.45) is 0.0921. The van der Waals surface area contributed by atoms with Crippen molar-refractivity contribution in [1.29, 1.82) is 0 Å². The van der Waals surface area contributed by atoms with E-state index in [9.17, 15) is 14.0 Å². The van der Waals surface area contributed by atoms with Gasteiger partial charge in [0, 0.05) is 12.3 Å². The van der Waals surface area contributed by atoms with E-state index in [-0.39, 0.29) is 22.2 Å². The van der Waals surface area contributed by atoms with Gasteiger partial charge < -0.3 is 14.8 Å². The van der Waals surface area contributed by atoms with E-state index >= 15 is 0 Å². The first-order chi connectivity index (χ1) is 11.8. The molecule has 25 heavy (non-hydrogen) atoms. The number of rotatable bonds is 5. The second kappa shape index (κ2) is 8.13. The van der Waals surface area contributed by atoms with E-state index in [2.05, 4.69) is 10.3 Å². The highest BCUT2D eigenvalue weighted by Crippen LogP contribution is 2.23. The molecule has 132 valence electrons. The van der Waals surface area contributed by atoms with Crippen molar-refractivity contribution in [2.24, 2.45) is 0 Å². The Kier molecular flexibility index (Phi) is 6.17. The Balaban J connectivity index is 2.04. The van der Waals surface area contributed by atoms with E-state index in [1.807, 2.05) is 0 Å². The van der Waals surface area contributed by atoms with Crippen molar-refractivity contribution in [1.82, 2.24) is 4.98 Å². The summed E-state index contributed by atoms with van der Waals surface area (Å²) < 4.78 is 23.7. The van der Waals surface area contributed by atoms with Crippen LogP contribution in [0.2, 0.25) is 10.0 Å². The van der Waals surface area contributed by atoms with Crippen molar-refractivity contribution in [3.63, 3.8) is 0 Å². The van der Waals surface area contributed by atoms with Crippen molar-refractivity contribution >= 4 is 40.9 Å². The van der Waals surface area contributed by atoms with Crippen LogP contribution in [0.25, 0.3) is 0 Å². The Hall–Kier alpha value is -2.38. The van der Waals surface area contributed by atoms with Crippen LogP contribution in [0.1, 0.15) is 17.3 Å². The number of nitrogens with zero attached hydrogens (tertiary/aromatic N) is 1. The third-order valence-electron chi connectivity index (χ3n) is 3.10. The summed E-state index contributed by atoms with van der Waals surface area (Å²) in [4.78, 5) is 27.9. The molecule has 1 unspecified atom stereocenters. The zero-order valence-corrected chi connectivity index (χ0v) is 14.7. The Morgan fingerprint density at radius 1 is 1.28 bits per heavy atom. The Morgan fingerprint density at radius 3 is 2.60 bits per heavy atom. The van der Waals surface area contributed by atoms with Crippen molar-refractivity contribution < 1.29 is 23.5 Å². The highest BCUT2D eigenvalue weighted by atomic mass is 35.5. The molecule has 1 atom stereocenters. The fraction of sp³-hybridized carbons (Fsp3) is 0.188. The molecule has 0 aliphatic rings. The molecule has 0 aliphatic heterocycles. The fourth-order valence-electron chi connectivity index (χ4n) is 1.79. The fourth-order valence-corrected chi connectivity index (χ4v) is 2.22. The zero-order chi connectivity index (χ0) is 18.6. The molecule has 6 nitrogen and oxygen atoms in total. The minimum Gasteiger partial charge on any atom is -0.497 e. The van der Waals surface area contributed by atoms with Crippen LogP contribution in [0.4, 0.5) is 10.2 Å². The Morgan fingerprint density at radius 2 is 2.00 bits per heavy atom. The summed E-state index contributed by atoms with van der Waals surface area (Å²) in [5, 5.41) is 2.82. The summed E-state index contributed by atoms with van der Waals surface area (Å²) in [6.45, 7) is 1.33. The first-order valence-electron chi connectivity index (χ1n) is 6.98. The molecule has 1 aromatic heterocycles. The molecule has 0 fully saturated rings. The van der Waals surface area contributed by atoms with Gasteiger partial charge in [0.25, 0.3) is 5.91 Å². The number of benzene rings is 1. The average Bonchev–Trinajstić information content (AvgIpc) is 2.56. The average molecular weight is 387 g/mol. The number of aromatic nitrogens is 1. The van der Waals surface area contributed by atoms with Crippen LogP contribution >= 0.6 is 23.2 Å². The van der Waals surface area contributed by atoms with Gasteiger partial charge in [0.2, 0.25) is 0 Å².